The average Bonchev–Trinajstić information content (AvgIpc) is 2.74. The highest BCUT2D eigenvalue weighted by Crippen LogP contribution is 2.21. The molecule has 10 heteroatoms. The van der Waals surface area contributed by atoms with E-state index in [4.69, 9.17) is 11.6 Å². The quantitative estimate of drug-likeness (QED) is 0.544. The molecule has 2 rings (SSSR count). The highest BCUT2D eigenvalue weighted by atomic mass is 35.5. The summed E-state index contributed by atoms with van der Waals surface area (Å²) in [5, 5.41) is 3.18. The van der Waals surface area contributed by atoms with Crippen LogP contribution in [0.3, 0.4) is 0 Å². The van der Waals surface area contributed by atoms with E-state index in [1.807, 2.05) is 13.8 Å². The Morgan fingerprint density at radius 2 is 1.67 bits per heavy atom. The molecule has 0 spiro atoms. The molecule has 0 saturated heterocycles. The summed E-state index contributed by atoms with van der Waals surface area (Å²) in [4.78, 5) is 27.2. The van der Waals surface area contributed by atoms with Crippen molar-refractivity contribution in [2.45, 2.75) is 33.4 Å². The number of amides is 2. The van der Waals surface area contributed by atoms with Crippen LogP contribution in [-0.2, 0) is 26.2 Å². The van der Waals surface area contributed by atoms with Gasteiger partial charge in [0.05, 0.1) is 11.9 Å². The van der Waals surface area contributed by atoms with Crippen molar-refractivity contribution >= 4 is 39.1 Å². The van der Waals surface area contributed by atoms with Crippen LogP contribution in [0.5, 0.6) is 0 Å². The molecular weight excluding hydrogens is 469 g/mol. The van der Waals surface area contributed by atoms with Crippen molar-refractivity contribution in [1.29, 1.82) is 0 Å². The number of hydrogen-bond donors (Lipinski definition) is 1. The van der Waals surface area contributed by atoms with Gasteiger partial charge in [0.2, 0.25) is 21.8 Å². The SMILES string of the molecule is CC(C)CNC(=O)C(C)N(Cc1ccccc1F)C(=O)CN(c1ccc(Cl)cc1)S(C)(=O)=O. The molecule has 0 aliphatic carbocycles. The Morgan fingerprint density at radius 1 is 1.06 bits per heavy atom. The van der Waals surface area contributed by atoms with Crippen molar-refractivity contribution in [3.05, 3.63) is 64.9 Å². The number of nitrogens with one attached hydrogen (secondary N) is 1. The smallest absolute Gasteiger partial charge is 0.244 e. The van der Waals surface area contributed by atoms with Crippen LogP contribution in [0, 0.1) is 11.7 Å². The summed E-state index contributed by atoms with van der Waals surface area (Å²) in [6.45, 7) is 5.05. The minimum Gasteiger partial charge on any atom is -0.354 e. The number of nitrogens with zero attached hydrogens (tertiary/aromatic N) is 2. The molecule has 33 heavy (non-hydrogen) atoms. The van der Waals surface area contributed by atoms with Crippen LogP contribution in [-0.4, -0.2) is 50.5 Å². The molecule has 180 valence electrons. The Bertz CT molecular complexity index is 1080. The fourth-order valence-corrected chi connectivity index (χ4v) is 4.04. The van der Waals surface area contributed by atoms with Crippen LogP contribution in [0.4, 0.5) is 10.1 Å². The molecule has 2 aromatic carbocycles. The van der Waals surface area contributed by atoms with Gasteiger partial charge >= 0.3 is 0 Å². The monoisotopic (exact) mass is 497 g/mol. The Hall–Kier alpha value is -2.65. The molecule has 0 radical (unpaired) electrons. The molecule has 0 heterocycles. The van der Waals surface area contributed by atoms with E-state index in [-0.39, 0.29) is 23.7 Å². The normalized spacial score (nSPS) is 12.3. The number of halogens is 2. The second-order valence-electron chi connectivity index (χ2n) is 8.17. The maximum Gasteiger partial charge on any atom is 0.244 e. The molecule has 0 aromatic heterocycles. The largest absolute Gasteiger partial charge is 0.354 e. The van der Waals surface area contributed by atoms with E-state index in [2.05, 4.69) is 5.32 Å². The van der Waals surface area contributed by atoms with Gasteiger partial charge in [-0.1, -0.05) is 43.6 Å². The summed E-state index contributed by atoms with van der Waals surface area (Å²) < 4.78 is 40.2. The molecule has 2 amide bonds. The molecule has 0 aliphatic heterocycles. The van der Waals surface area contributed by atoms with Gasteiger partial charge in [-0.3, -0.25) is 13.9 Å². The molecular formula is C23H29ClFN3O4S. The number of benzene rings is 2. The first-order valence-electron chi connectivity index (χ1n) is 10.4. The van der Waals surface area contributed by atoms with Crippen LogP contribution >= 0.6 is 11.6 Å². The summed E-state index contributed by atoms with van der Waals surface area (Å²) in [5.74, 6) is -1.39. The molecule has 0 bridgehead atoms. The number of carbonyl (C=O) groups excluding carboxylic acids is 2. The van der Waals surface area contributed by atoms with E-state index in [9.17, 15) is 22.4 Å². The van der Waals surface area contributed by atoms with Gasteiger partial charge in [0.25, 0.3) is 0 Å². The first kappa shape index (κ1) is 26.6. The number of anilines is 1. The lowest BCUT2D eigenvalue weighted by molar-refractivity contribution is -0.139. The summed E-state index contributed by atoms with van der Waals surface area (Å²) in [7, 11) is -3.84. The molecule has 0 aliphatic rings. The number of rotatable bonds is 10. The second kappa shape index (κ2) is 11.5. The van der Waals surface area contributed by atoms with E-state index < -0.39 is 40.2 Å². The molecule has 1 atom stereocenters. The van der Waals surface area contributed by atoms with Gasteiger partial charge in [0.15, 0.2) is 0 Å². The van der Waals surface area contributed by atoms with Gasteiger partial charge in [-0.25, -0.2) is 12.8 Å². The summed E-state index contributed by atoms with van der Waals surface area (Å²) in [5.41, 5.74) is 0.463. The lowest BCUT2D eigenvalue weighted by Gasteiger charge is -2.31. The summed E-state index contributed by atoms with van der Waals surface area (Å²) in [6, 6.07) is 11.0. The van der Waals surface area contributed by atoms with Gasteiger partial charge in [0, 0.05) is 23.7 Å². The lowest BCUT2D eigenvalue weighted by atomic mass is 10.1. The minimum atomic E-state index is -3.84. The third-order valence-corrected chi connectivity index (χ3v) is 6.34. The van der Waals surface area contributed by atoms with Gasteiger partial charge in [0.1, 0.15) is 18.4 Å². The fourth-order valence-electron chi connectivity index (χ4n) is 3.07. The summed E-state index contributed by atoms with van der Waals surface area (Å²) in [6.07, 6.45) is 0.981. The number of sulfonamides is 1. The highest BCUT2D eigenvalue weighted by molar-refractivity contribution is 7.92. The topological polar surface area (TPSA) is 86.8 Å². The van der Waals surface area contributed by atoms with Crippen LogP contribution in [0.15, 0.2) is 48.5 Å². The van der Waals surface area contributed by atoms with Gasteiger partial charge in [-0.05, 0) is 43.2 Å². The minimum absolute atomic E-state index is 0.194. The number of carbonyl (C=O) groups is 2. The second-order valence-corrected chi connectivity index (χ2v) is 10.5. The lowest BCUT2D eigenvalue weighted by Crippen LogP contribution is -2.51. The highest BCUT2D eigenvalue weighted by Gasteiger charge is 2.30. The van der Waals surface area contributed by atoms with Crippen molar-refractivity contribution < 1.29 is 22.4 Å². The van der Waals surface area contributed by atoms with Crippen molar-refractivity contribution in [3.63, 3.8) is 0 Å². The molecule has 7 nitrogen and oxygen atoms in total. The zero-order chi connectivity index (χ0) is 24.8. The first-order valence-corrected chi connectivity index (χ1v) is 12.7. The Balaban J connectivity index is 2.36. The van der Waals surface area contributed by atoms with Crippen LogP contribution in [0.25, 0.3) is 0 Å². The number of hydrogen-bond acceptors (Lipinski definition) is 4. The van der Waals surface area contributed by atoms with Crippen LogP contribution < -0.4 is 9.62 Å². The predicted octanol–water partition coefficient (Wildman–Crippen LogP) is 3.43. The van der Waals surface area contributed by atoms with Gasteiger partial charge in [-0.2, -0.15) is 0 Å². The third-order valence-electron chi connectivity index (χ3n) is 4.94. The summed E-state index contributed by atoms with van der Waals surface area (Å²) >= 11 is 5.90. The van der Waals surface area contributed by atoms with E-state index in [1.165, 1.54) is 54.3 Å². The van der Waals surface area contributed by atoms with E-state index in [0.29, 0.717) is 11.6 Å². The average molecular weight is 498 g/mol. The Labute approximate surface area is 199 Å². The Kier molecular flexibility index (Phi) is 9.25. The molecule has 0 saturated carbocycles. The van der Waals surface area contributed by atoms with Crippen LogP contribution in [0.2, 0.25) is 5.02 Å². The van der Waals surface area contributed by atoms with Gasteiger partial charge in [-0.15, -0.1) is 0 Å². The third kappa shape index (κ3) is 7.71. The standard InChI is InChI=1S/C23H29ClFN3O4S/c1-16(2)13-26-23(30)17(3)27(14-18-7-5-6-8-21(18)25)22(29)15-28(33(4,31)32)20-11-9-19(24)10-12-20/h5-12,16-17H,13-15H2,1-4H3,(H,26,30). The molecule has 1 N–H and O–H groups in total. The first-order chi connectivity index (χ1) is 15.4. The van der Waals surface area contributed by atoms with Crippen molar-refractivity contribution in [2.24, 2.45) is 5.92 Å². The molecule has 1 unspecified atom stereocenters. The molecule has 0 fully saturated rings. The zero-order valence-electron chi connectivity index (χ0n) is 19.1. The fraction of sp³-hybridized carbons (Fsp3) is 0.391. The van der Waals surface area contributed by atoms with Crippen molar-refractivity contribution in [2.75, 3.05) is 23.7 Å². The van der Waals surface area contributed by atoms with Crippen molar-refractivity contribution in [1.82, 2.24) is 10.2 Å². The van der Waals surface area contributed by atoms with Crippen LogP contribution in [0.1, 0.15) is 26.3 Å². The molecule has 2 aromatic rings. The maximum absolute atomic E-state index is 14.3. The van der Waals surface area contributed by atoms with Crippen molar-refractivity contribution in [3.8, 4) is 0 Å². The Morgan fingerprint density at radius 3 is 2.21 bits per heavy atom. The predicted molar refractivity (Wildman–Crippen MR) is 128 cm³/mol. The zero-order valence-corrected chi connectivity index (χ0v) is 20.7. The van der Waals surface area contributed by atoms with E-state index >= 15 is 0 Å². The van der Waals surface area contributed by atoms with E-state index in [0.717, 1.165) is 10.6 Å². The van der Waals surface area contributed by atoms with E-state index in [1.54, 1.807) is 6.07 Å². The maximum atomic E-state index is 14.3. The van der Waals surface area contributed by atoms with Gasteiger partial charge < -0.3 is 10.2 Å².